The molecule has 1 saturated carbocycles. The summed E-state index contributed by atoms with van der Waals surface area (Å²) in [6.07, 6.45) is 0.718. The smallest absolute Gasteiger partial charge is 0.272 e. The first-order valence-electron chi connectivity index (χ1n) is 10.9. The SMILES string of the molecule is COC1C(O)CCC2N=C(c3ccc(-c4cnco4)cc3)c3ccc(OCC(F)F)cc3C21. The van der Waals surface area contributed by atoms with Crippen molar-refractivity contribution in [2.45, 2.75) is 43.4 Å². The quantitative estimate of drug-likeness (QED) is 0.595. The molecule has 2 heterocycles. The van der Waals surface area contributed by atoms with E-state index in [-0.39, 0.29) is 12.0 Å². The van der Waals surface area contributed by atoms with Gasteiger partial charge in [0.1, 0.15) is 12.4 Å². The van der Waals surface area contributed by atoms with Gasteiger partial charge in [0.25, 0.3) is 6.43 Å². The summed E-state index contributed by atoms with van der Waals surface area (Å²) < 4.78 is 41.8. The minimum Gasteiger partial charge on any atom is -0.488 e. The number of methoxy groups -OCH3 is 1. The Morgan fingerprint density at radius 1 is 1.12 bits per heavy atom. The number of rotatable bonds is 6. The van der Waals surface area contributed by atoms with Crippen LogP contribution in [0.25, 0.3) is 11.3 Å². The Hall–Kier alpha value is -3.10. The largest absolute Gasteiger partial charge is 0.488 e. The van der Waals surface area contributed by atoms with E-state index in [1.807, 2.05) is 30.3 Å². The molecule has 8 heteroatoms. The number of hydrogen-bond acceptors (Lipinski definition) is 6. The molecule has 1 fully saturated rings. The van der Waals surface area contributed by atoms with Gasteiger partial charge in [-0.1, -0.05) is 24.3 Å². The monoisotopic (exact) mass is 454 g/mol. The molecule has 0 bridgehead atoms. The average molecular weight is 454 g/mol. The predicted octanol–water partition coefficient (Wildman–Crippen LogP) is 4.46. The van der Waals surface area contributed by atoms with Gasteiger partial charge in [0.2, 0.25) is 0 Å². The highest BCUT2D eigenvalue weighted by Crippen LogP contribution is 2.43. The number of alkyl halides is 2. The van der Waals surface area contributed by atoms with Crippen molar-refractivity contribution in [2.75, 3.05) is 13.7 Å². The summed E-state index contributed by atoms with van der Waals surface area (Å²) in [4.78, 5) is 9.03. The number of ether oxygens (including phenoxy) is 2. The van der Waals surface area contributed by atoms with Crippen molar-refractivity contribution in [1.82, 2.24) is 4.98 Å². The molecule has 5 rings (SSSR count). The number of aliphatic hydroxyl groups is 1. The molecule has 1 aromatic heterocycles. The lowest BCUT2D eigenvalue weighted by Crippen LogP contribution is -2.46. The van der Waals surface area contributed by atoms with Gasteiger partial charge in [-0.2, -0.15) is 0 Å². The van der Waals surface area contributed by atoms with Crippen molar-refractivity contribution < 1.29 is 27.8 Å². The molecule has 172 valence electrons. The Labute approximate surface area is 189 Å². The van der Waals surface area contributed by atoms with Gasteiger partial charge in [0.05, 0.1) is 30.2 Å². The first-order valence-corrected chi connectivity index (χ1v) is 10.9. The lowest BCUT2D eigenvalue weighted by molar-refractivity contribution is -0.0544. The van der Waals surface area contributed by atoms with Gasteiger partial charge in [-0.15, -0.1) is 0 Å². The zero-order chi connectivity index (χ0) is 22.9. The van der Waals surface area contributed by atoms with E-state index in [1.54, 1.807) is 25.4 Å². The van der Waals surface area contributed by atoms with Gasteiger partial charge in [0.15, 0.2) is 12.2 Å². The van der Waals surface area contributed by atoms with E-state index in [0.29, 0.717) is 24.4 Å². The first-order chi connectivity index (χ1) is 16.0. The number of aliphatic hydroxyl groups excluding tert-OH is 1. The Morgan fingerprint density at radius 3 is 2.61 bits per heavy atom. The molecule has 6 nitrogen and oxygen atoms in total. The van der Waals surface area contributed by atoms with Crippen molar-refractivity contribution in [2.24, 2.45) is 4.99 Å². The topological polar surface area (TPSA) is 77.1 Å². The highest BCUT2D eigenvalue weighted by Gasteiger charge is 2.43. The van der Waals surface area contributed by atoms with E-state index in [0.717, 1.165) is 28.0 Å². The number of aromatic nitrogens is 1. The molecule has 0 spiro atoms. The lowest BCUT2D eigenvalue weighted by Gasteiger charge is -2.42. The maximum absolute atomic E-state index is 12.7. The molecular formula is C25H24F2N2O4. The molecule has 1 N–H and O–H groups in total. The van der Waals surface area contributed by atoms with Gasteiger partial charge in [-0.25, -0.2) is 13.8 Å². The van der Waals surface area contributed by atoms with Gasteiger partial charge < -0.3 is 19.0 Å². The number of halogens is 2. The summed E-state index contributed by atoms with van der Waals surface area (Å²) >= 11 is 0. The Balaban J connectivity index is 1.56. The van der Waals surface area contributed by atoms with Gasteiger partial charge in [-0.05, 0) is 36.6 Å². The van der Waals surface area contributed by atoms with Crippen molar-refractivity contribution in [3.8, 4) is 17.1 Å². The second kappa shape index (κ2) is 9.03. The van der Waals surface area contributed by atoms with Gasteiger partial charge in [0, 0.05) is 29.7 Å². The number of hydrogen-bond donors (Lipinski definition) is 1. The first kappa shape index (κ1) is 21.7. The molecule has 0 saturated heterocycles. The van der Waals surface area contributed by atoms with Crippen molar-refractivity contribution in [3.63, 3.8) is 0 Å². The van der Waals surface area contributed by atoms with E-state index >= 15 is 0 Å². The van der Waals surface area contributed by atoms with E-state index in [2.05, 4.69) is 4.98 Å². The highest BCUT2D eigenvalue weighted by atomic mass is 19.3. The number of oxazole rings is 1. The minimum atomic E-state index is -2.56. The predicted molar refractivity (Wildman–Crippen MR) is 118 cm³/mol. The van der Waals surface area contributed by atoms with E-state index in [4.69, 9.17) is 18.9 Å². The zero-order valence-electron chi connectivity index (χ0n) is 18.0. The maximum Gasteiger partial charge on any atom is 0.272 e. The molecule has 1 aliphatic heterocycles. The van der Waals surface area contributed by atoms with Crippen LogP contribution in [-0.4, -0.2) is 54.2 Å². The standard InChI is InChI=1S/C25H24F2N2O4/c1-31-25-20(30)9-8-19-23(25)18-10-16(32-12-22(26)27)6-7-17(18)24(29-19)15-4-2-14(3-5-15)21-11-28-13-33-21/h2-7,10-11,13,19-20,22-23,25,30H,8-9,12H2,1H3. The summed E-state index contributed by atoms with van der Waals surface area (Å²) in [6.45, 7) is -0.673. The molecular weight excluding hydrogens is 430 g/mol. The lowest BCUT2D eigenvalue weighted by atomic mass is 9.72. The summed E-state index contributed by atoms with van der Waals surface area (Å²) in [6, 6.07) is 13.1. The molecule has 1 aliphatic carbocycles. The van der Waals surface area contributed by atoms with E-state index in [9.17, 15) is 13.9 Å². The fourth-order valence-electron chi connectivity index (χ4n) is 4.87. The van der Waals surface area contributed by atoms with E-state index in [1.165, 1.54) is 6.39 Å². The third-order valence-corrected chi connectivity index (χ3v) is 6.36. The second-order valence-electron chi connectivity index (χ2n) is 8.31. The molecule has 3 aromatic rings. The number of nitrogens with zero attached hydrogens (tertiary/aromatic N) is 2. The number of fused-ring (bicyclic) bond motifs is 3. The number of aliphatic imine (C=N–C) groups is 1. The van der Waals surface area contributed by atoms with Gasteiger partial charge >= 0.3 is 0 Å². The highest BCUT2D eigenvalue weighted by molar-refractivity contribution is 6.14. The van der Waals surface area contributed by atoms with Crippen LogP contribution in [0, 0.1) is 0 Å². The number of benzene rings is 2. The second-order valence-corrected chi connectivity index (χ2v) is 8.31. The minimum absolute atomic E-state index is 0.0971. The molecule has 0 amide bonds. The average Bonchev–Trinajstić information content (AvgIpc) is 3.37. The fourth-order valence-corrected chi connectivity index (χ4v) is 4.87. The summed E-state index contributed by atoms with van der Waals surface area (Å²) in [5, 5.41) is 10.6. The molecule has 0 radical (unpaired) electrons. The third-order valence-electron chi connectivity index (χ3n) is 6.36. The summed E-state index contributed by atoms with van der Waals surface area (Å²) in [5.74, 6) is 0.850. The van der Waals surface area contributed by atoms with Crippen LogP contribution < -0.4 is 4.74 Å². The van der Waals surface area contributed by atoms with Crippen LogP contribution in [0.3, 0.4) is 0 Å². The fraction of sp³-hybridized carbons (Fsp3) is 0.360. The van der Waals surface area contributed by atoms with Crippen molar-refractivity contribution in [1.29, 1.82) is 0 Å². The van der Waals surface area contributed by atoms with Crippen LogP contribution in [0.5, 0.6) is 5.75 Å². The Morgan fingerprint density at radius 2 is 1.91 bits per heavy atom. The molecule has 2 aromatic carbocycles. The van der Waals surface area contributed by atoms with Crippen molar-refractivity contribution >= 4 is 5.71 Å². The molecule has 4 atom stereocenters. The molecule has 4 unspecified atom stereocenters. The van der Waals surface area contributed by atoms with Gasteiger partial charge in [-0.3, -0.25) is 4.99 Å². The molecule has 2 aliphatic rings. The van der Waals surface area contributed by atoms with Crippen LogP contribution in [-0.2, 0) is 4.74 Å². The summed E-state index contributed by atoms with van der Waals surface area (Å²) in [7, 11) is 1.58. The van der Waals surface area contributed by atoms with Crippen LogP contribution in [0.15, 0.2) is 64.5 Å². The van der Waals surface area contributed by atoms with E-state index < -0.39 is 25.2 Å². The summed E-state index contributed by atoms with van der Waals surface area (Å²) in [5.41, 5.74) is 4.42. The van der Waals surface area contributed by atoms with Crippen LogP contribution in [0.1, 0.15) is 35.4 Å². The molecule has 33 heavy (non-hydrogen) atoms. The third kappa shape index (κ3) is 4.16. The Bertz CT molecular complexity index is 1130. The van der Waals surface area contributed by atoms with Crippen molar-refractivity contribution in [3.05, 3.63) is 71.7 Å². The maximum atomic E-state index is 12.7. The van der Waals surface area contributed by atoms with Crippen LogP contribution in [0.4, 0.5) is 8.78 Å². The Kier molecular flexibility index (Phi) is 5.95. The van der Waals surface area contributed by atoms with Crippen LogP contribution in [0.2, 0.25) is 0 Å². The van der Waals surface area contributed by atoms with Crippen LogP contribution >= 0.6 is 0 Å². The normalized spacial score (nSPS) is 24.2. The zero-order valence-corrected chi connectivity index (χ0v) is 18.0.